The molecule has 2 heterocycles. The van der Waals surface area contributed by atoms with Crippen molar-refractivity contribution in [1.82, 2.24) is 14.8 Å². The molecule has 2 aromatic carbocycles. The van der Waals surface area contributed by atoms with Crippen molar-refractivity contribution in [2.45, 2.75) is 19.6 Å². The summed E-state index contributed by atoms with van der Waals surface area (Å²) in [5, 5.41) is 4.44. The molecule has 1 fully saturated rings. The molecule has 1 amide bonds. The molecule has 1 aliphatic rings. The number of hydrogen-bond donors (Lipinski definition) is 1. The van der Waals surface area contributed by atoms with Gasteiger partial charge >= 0.3 is 6.09 Å². The normalized spacial score (nSPS) is 14.1. The Hall–Kier alpha value is -2.94. The zero-order valence-electron chi connectivity index (χ0n) is 20.2. The van der Waals surface area contributed by atoms with Crippen LogP contribution in [0.4, 0.5) is 10.5 Å². The molecular formula is C26H30Cl2N4O4. The van der Waals surface area contributed by atoms with E-state index >= 15 is 0 Å². The standard InChI is InChI=1S/C26H30Cl2N4O4/c1-29-26(34)36-18-32-23-17-20(9-7-19(23)8-10-24(32)33)35-16-3-2-11-30-12-14-31(15-13-30)22-6-4-5-21(27)25(22)28/h4-10,17H,2-3,11-16,18H2,1H3,(H,29,34). The number of hydrogen-bond acceptors (Lipinski definition) is 6. The van der Waals surface area contributed by atoms with E-state index in [9.17, 15) is 9.59 Å². The Balaban J connectivity index is 1.23. The third-order valence-corrected chi connectivity index (χ3v) is 7.08. The summed E-state index contributed by atoms with van der Waals surface area (Å²) < 4.78 is 12.4. The lowest BCUT2D eigenvalue weighted by molar-refractivity contribution is 0.116. The molecule has 1 aliphatic heterocycles. The SMILES string of the molecule is CNC(=O)OCn1c(=O)ccc2ccc(OCCCCN3CCN(c4cccc(Cl)c4Cl)CC3)cc21. The quantitative estimate of drug-likeness (QED) is 0.406. The predicted molar refractivity (Wildman–Crippen MR) is 144 cm³/mol. The number of benzene rings is 2. The second-order valence-electron chi connectivity index (χ2n) is 8.59. The average molecular weight is 533 g/mol. The molecule has 8 nitrogen and oxygen atoms in total. The van der Waals surface area contributed by atoms with Crippen LogP contribution in [0.5, 0.6) is 5.75 Å². The first kappa shape index (κ1) is 26.1. The molecule has 1 aromatic heterocycles. The van der Waals surface area contributed by atoms with Gasteiger partial charge in [0.05, 0.1) is 27.9 Å². The van der Waals surface area contributed by atoms with Gasteiger partial charge in [-0.2, -0.15) is 0 Å². The van der Waals surface area contributed by atoms with Crippen molar-refractivity contribution in [3.05, 3.63) is 68.9 Å². The van der Waals surface area contributed by atoms with Gasteiger partial charge in [0.25, 0.3) is 5.56 Å². The van der Waals surface area contributed by atoms with Crippen LogP contribution in [0.1, 0.15) is 12.8 Å². The summed E-state index contributed by atoms with van der Waals surface area (Å²) in [6.07, 6.45) is 1.34. The zero-order valence-corrected chi connectivity index (χ0v) is 21.7. The van der Waals surface area contributed by atoms with E-state index in [0.717, 1.165) is 56.6 Å². The third kappa shape index (κ3) is 6.43. The van der Waals surface area contributed by atoms with Crippen molar-refractivity contribution in [2.24, 2.45) is 0 Å². The highest BCUT2D eigenvalue weighted by Gasteiger charge is 2.19. The predicted octanol–water partition coefficient (Wildman–Crippen LogP) is 4.60. The lowest BCUT2D eigenvalue weighted by Crippen LogP contribution is -2.46. The summed E-state index contributed by atoms with van der Waals surface area (Å²) >= 11 is 12.5. The minimum atomic E-state index is -0.596. The van der Waals surface area contributed by atoms with Gasteiger partial charge in [-0.3, -0.25) is 14.3 Å². The maximum absolute atomic E-state index is 12.3. The Morgan fingerprint density at radius 2 is 1.81 bits per heavy atom. The molecule has 36 heavy (non-hydrogen) atoms. The van der Waals surface area contributed by atoms with Crippen LogP contribution in [-0.2, 0) is 11.5 Å². The first-order valence-corrected chi connectivity index (χ1v) is 12.7. The van der Waals surface area contributed by atoms with E-state index in [2.05, 4.69) is 15.1 Å². The van der Waals surface area contributed by atoms with Crippen LogP contribution in [0, 0.1) is 0 Å². The molecule has 0 bridgehead atoms. The first-order chi connectivity index (χ1) is 17.5. The molecule has 1 saturated heterocycles. The van der Waals surface area contributed by atoms with E-state index in [1.54, 1.807) is 6.07 Å². The maximum Gasteiger partial charge on any atom is 0.408 e. The van der Waals surface area contributed by atoms with E-state index in [0.29, 0.717) is 27.9 Å². The number of alkyl carbamates (subject to hydrolysis) is 1. The smallest absolute Gasteiger partial charge is 0.408 e. The molecule has 192 valence electrons. The average Bonchev–Trinajstić information content (AvgIpc) is 2.89. The van der Waals surface area contributed by atoms with Gasteiger partial charge in [0.15, 0.2) is 6.73 Å². The van der Waals surface area contributed by atoms with Crippen LogP contribution in [0.3, 0.4) is 0 Å². The summed E-state index contributed by atoms with van der Waals surface area (Å²) in [5.74, 6) is 0.675. The van der Waals surface area contributed by atoms with Gasteiger partial charge in [-0.15, -0.1) is 0 Å². The maximum atomic E-state index is 12.3. The number of nitrogens with one attached hydrogen (secondary N) is 1. The van der Waals surface area contributed by atoms with E-state index in [-0.39, 0.29) is 12.3 Å². The number of halogens is 2. The van der Waals surface area contributed by atoms with Gasteiger partial charge in [-0.1, -0.05) is 29.3 Å². The van der Waals surface area contributed by atoms with E-state index in [1.807, 2.05) is 36.4 Å². The van der Waals surface area contributed by atoms with Crippen molar-refractivity contribution in [3.63, 3.8) is 0 Å². The highest BCUT2D eigenvalue weighted by atomic mass is 35.5. The number of pyridine rings is 1. The van der Waals surface area contributed by atoms with Crippen molar-refractivity contribution in [3.8, 4) is 5.75 Å². The van der Waals surface area contributed by atoms with Crippen LogP contribution in [0.2, 0.25) is 10.0 Å². The molecule has 0 spiro atoms. The molecule has 0 unspecified atom stereocenters. The number of piperazine rings is 1. The Morgan fingerprint density at radius 1 is 1.03 bits per heavy atom. The Labute approximate surface area is 220 Å². The molecule has 0 radical (unpaired) electrons. The highest BCUT2D eigenvalue weighted by Crippen LogP contribution is 2.32. The van der Waals surface area contributed by atoms with Gasteiger partial charge < -0.3 is 19.7 Å². The largest absolute Gasteiger partial charge is 0.494 e. The van der Waals surface area contributed by atoms with E-state index < -0.39 is 6.09 Å². The van der Waals surface area contributed by atoms with Gasteiger partial charge in [0, 0.05) is 45.4 Å². The number of fused-ring (bicyclic) bond motifs is 1. The summed E-state index contributed by atoms with van der Waals surface area (Å²) in [6.45, 7) is 5.20. The monoisotopic (exact) mass is 532 g/mol. The third-order valence-electron chi connectivity index (χ3n) is 6.27. The number of unbranched alkanes of at least 4 members (excludes halogenated alkanes) is 1. The molecular weight excluding hydrogens is 503 g/mol. The van der Waals surface area contributed by atoms with Crippen LogP contribution < -0.4 is 20.5 Å². The number of nitrogens with zero attached hydrogens (tertiary/aromatic N) is 3. The molecule has 0 aliphatic carbocycles. The van der Waals surface area contributed by atoms with Crippen LogP contribution in [0.15, 0.2) is 53.3 Å². The Bertz CT molecular complexity index is 1260. The fraction of sp³-hybridized carbons (Fsp3) is 0.385. The second-order valence-corrected chi connectivity index (χ2v) is 9.37. The number of aromatic nitrogens is 1. The van der Waals surface area contributed by atoms with Crippen molar-refractivity contribution < 1.29 is 14.3 Å². The van der Waals surface area contributed by atoms with E-state index in [1.165, 1.54) is 17.7 Å². The minimum absolute atomic E-state index is 0.171. The fourth-order valence-corrected chi connectivity index (χ4v) is 4.68. The molecule has 3 aromatic rings. The molecule has 0 atom stereocenters. The van der Waals surface area contributed by atoms with Gasteiger partial charge in [-0.05, 0) is 55.1 Å². The van der Waals surface area contributed by atoms with Gasteiger partial charge in [0.1, 0.15) is 5.75 Å². The fourth-order valence-electron chi connectivity index (χ4n) is 4.26. The summed E-state index contributed by atoms with van der Waals surface area (Å²) in [4.78, 5) is 28.5. The van der Waals surface area contributed by atoms with E-state index in [4.69, 9.17) is 32.7 Å². The summed E-state index contributed by atoms with van der Waals surface area (Å²) in [7, 11) is 1.47. The molecule has 4 rings (SSSR count). The number of amides is 1. The summed E-state index contributed by atoms with van der Waals surface area (Å²) in [6, 6.07) is 14.6. The second kappa shape index (κ2) is 12.3. The van der Waals surface area contributed by atoms with Crippen LogP contribution >= 0.6 is 23.2 Å². The minimum Gasteiger partial charge on any atom is -0.494 e. The molecule has 1 N–H and O–H groups in total. The van der Waals surface area contributed by atoms with Crippen LogP contribution in [0.25, 0.3) is 10.9 Å². The highest BCUT2D eigenvalue weighted by molar-refractivity contribution is 6.43. The van der Waals surface area contributed by atoms with Crippen molar-refractivity contribution >= 4 is 45.9 Å². The summed E-state index contributed by atoms with van der Waals surface area (Å²) in [5.41, 5.74) is 1.40. The number of anilines is 1. The number of carbonyl (C=O) groups is 1. The Morgan fingerprint density at radius 3 is 2.58 bits per heavy atom. The zero-order chi connectivity index (χ0) is 25.5. The van der Waals surface area contributed by atoms with Gasteiger partial charge in [0.2, 0.25) is 0 Å². The molecule has 10 heteroatoms. The topological polar surface area (TPSA) is 76.0 Å². The lowest BCUT2D eigenvalue weighted by atomic mass is 10.2. The lowest BCUT2D eigenvalue weighted by Gasteiger charge is -2.36. The number of carbonyl (C=O) groups excluding carboxylic acids is 1. The number of ether oxygens (including phenoxy) is 2. The van der Waals surface area contributed by atoms with Gasteiger partial charge in [-0.25, -0.2) is 4.79 Å². The number of rotatable bonds is 9. The first-order valence-electron chi connectivity index (χ1n) is 12.0. The molecule has 0 saturated carbocycles. The van der Waals surface area contributed by atoms with Crippen LogP contribution in [-0.4, -0.2) is 61.9 Å². The van der Waals surface area contributed by atoms with Crippen molar-refractivity contribution in [2.75, 3.05) is 51.3 Å². The van der Waals surface area contributed by atoms with Crippen molar-refractivity contribution in [1.29, 1.82) is 0 Å². The Kier molecular flexibility index (Phi) is 8.96.